The molecule has 0 aliphatic carbocycles. The number of aromatic hydroxyl groups is 1. The molecule has 1 fully saturated rings. The van der Waals surface area contributed by atoms with Crippen LogP contribution in [0.25, 0.3) is 33.0 Å². The van der Waals surface area contributed by atoms with E-state index in [1.54, 1.807) is 39.0 Å². The zero-order valence-corrected chi connectivity index (χ0v) is 40.3. The van der Waals surface area contributed by atoms with Gasteiger partial charge >= 0.3 is 5.97 Å². The Bertz CT molecular complexity index is 2780. The molecule has 3 aliphatic rings. The van der Waals surface area contributed by atoms with Crippen LogP contribution in [-0.2, 0) is 23.8 Å². The van der Waals surface area contributed by atoms with Crippen LogP contribution >= 0.6 is 0 Å². The second-order valence-corrected chi connectivity index (χ2v) is 18.9. The Morgan fingerprint density at radius 2 is 1.76 bits per heavy atom. The van der Waals surface area contributed by atoms with Crippen LogP contribution in [0.2, 0.25) is 0 Å². The first-order chi connectivity index (χ1) is 32.2. The number of hydrogen-bond acceptors (Lipinski definition) is 17. The molecule has 3 aromatic carbocycles. The van der Waals surface area contributed by atoms with Gasteiger partial charge in [0, 0.05) is 99.7 Å². The van der Waals surface area contributed by atoms with Gasteiger partial charge in [-0.05, 0) is 38.0 Å². The Balaban J connectivity index is 1.43. The van der Waals surface area contributed by atoms with Crippen molar-refractivity contribution < 1.29 is 53.5 Å². The maximum Gasteiger partial charge on any atom is 0.302 e. The first-order valence-electron chi connectivity index (χ1n) is 23.0. The average molecular weight is 941 g/mol. The van der Waals surface area contributed by atoms with Gasteiger partial charge in [-0.3, -0.25) is 19.3 Å². The molecule has 18 heteroatoms. The number of aliphatic hydroxyl groups excluding tert-OH is 2. The quantitative estimate of drug-likeness (QED) is 0.0363. The van der Waals surface area contributed by atoms with Gasteiger partial charge in [0.05, 0.1) is 41.6 Å². The van der Waals surface area contributed by atoms with Gasteiger partial charge in [0.25, 0.3) is 11.7 Å². The highest BCUT2D eigenvalue weighted by atomic mass is 16.7. The lowest BCUT2D eigenvalue weighted by molar-refractivity contribution is -0.159. The number of benzene rings is 3. The van der Waals surface area contributed by atoms with E-state index in [1.165, 1.54) is 53.2 Å². The van der Waals surface area contributed by atoms with Crippen molar-refractivity contribution in [1.82, 2.24) is 9.88 Å². The third kappa shape index (κ3) is 9.39. The molecule has 1 aromatic heterocycles. The minimum atomic E-state index is -1.90. The summed E-state index contributed by atoms with van der Waals surface area (Å²) in [5, 5.41) is 52.1. The zero-order chi connectivity index (χ0) is 49.5. The second kappa shape index (κ2) is 19.9. The molecule has 4 bridgehead atoms. The topological polar surface area (TPSA) is 252 Å². The van der Waals surface area contributed by atoms with Crippen LogP contribution in [-0.4, -0.2) is 124 Å². The molecule has 68 heavy (non-hydrogen) atoms. The largest absolute Gasteiger partial charge is 0.505 e. The fourth-order valence-electron chi connectivity index (χ4n) is 9.59. The molecule has 9 atom stereocenters. The summed E-state index contributed by atoms with van der Waals surface area (Å²) in [6.07, 6.45) is 3.02. The summed E-state index contributed by atoms with van der Waals surface area (Å²) in [6.45, 7) is 19.6. The lowest BCUT2D eigenvalue weighted by atomic mass is 9.81. The van der Waals surface area contributed by atoms with Gasteiger partial charge in [-0.25, -0.2) is 4.98 Å². The number of nitrogens with two attached hydrogens (primary N) is 1. The summed E-state index contributed by atoms with van der Waals surface area (Å²) in [5.74, 6) is -5.35. The van der Waals surface area contributed by atoms with Gasteiger partial charge in [0.1, 0.15) is 28.6 Å². The number of carbonyl (C=O) groups is 2. The number of amides is 1. The molecule has 7 N–H and O–H groups in total. The predicted molar refractivity (Wildman–Crippen MR) is 258 cm³/mol. The third-order valence-electron chi connectivity index (χ3n) is 13.5. The van der Waals surface area contributed by atoms with Crippen molar-refractivity contribution in [2.75, 3.05) is 50.1 Å². The highest BCUT2D eigenvalue weighted by molar-refractivity contribution is 6.27. The number of hydrogen-bond donors (Lipinski definition) is 6. The number of ether oxygens (including phenoxy) is 4. The number of rotatable bonds is 5. The van der Waals surface area contributed by atoms with Crippen LogP contribution < -0.4 is 26.1 Å². The molecule has 366 valence electrons. The number of aromatic nitrogens is 1. The van der Waals surface area contributed by atoms with Crippen LogP contribution in [0.15, 0.2) is 68.7 Å². The zero-order valence-electron chi connectivity index (χ0n) is 40.3. The fourth-order valence-corrected chi connectivity index (χ4v) is 9.59. The lowest BCUT2D eigenvalue weighted by Crippen LogP contribution is -2.53. The Kier molecular flexibility index (Phi) is 14.6. The van der Waals surface area contributed by atoms with Crippen LogP contribution in [0, 0.1) is 30.6 Å². The summed E-state index contributed by atoms with van der Waals surface area (Å²) < 4.78 is 30.8. The predicted octanol–water partition coefficient (Wildman–Crippen LogP) is 5.46. The lowest BCUT2D eigenvalue weighted by Gasteiger charge is -2.37. The summed E-state index contributed by atoms with van der Waals surface area (Å²) in [7, 11) is 1.44. The number of esters is 1. The molecule has 4 heterocycles. The first kappa shape index (κ1) is 49.8. The number of methoxy groups -OCH3 is 1. The summed E-state index contributed by atoms with van der Waals surface area (Å²) in [5.41, 5.74) is 7.27. The van der Waals surface area contributed by atoms with Crippen molar-refractivity contribution in [2.45, 2.75) is 98.6 Å². The number of aliphatic hydroxyl groups is 2. The van der Waals surface area contributed by atoms with Gasteiger partial charge in [0.15, 0.2) is 28.1 Å². The number of oxime groups is 1. The van der Waals surface area contributed by atoms with Crippen molar-refractivity contribution in [2.24, 2.45) is 34.6 Å². The van der Waals surface area contributed by atoms with E-state index < -0.39 is 77.1 Å². The average Bonchev–Trinajstić information content (AvgIpc) is 3.61. The maximum atomic E-state index is 14.5. The Morgan fingerprint density at radius 3 is 2.41 bits per heavy atom. The van der Waals surface area contributed by atoms with Crippen molar-refractivity contribution >= 4 is 61.9 Å². The van der Waals surface area contributed by atoms with E-state index in [9.17, 15) is 34.9 Å². The van der Waals surface area contributed by atoms with E-state index >= 15 is 0 Å². The molecule has 1 amide bonds. The second-order valence-electron chi connectivity index (χ2n) is 18.9. The van der Waals surface area contributed by atoms with Gasteiger partial charge in [-0.1, -0.05) is 58.0 Å². The number of anilines is 2. The minimum Gasteiger partial charge on any atom is -0.505 e. The molecule has 0 saturated carbocycles. The Labute approximate surface area is 394 Å². The van der Waals surface area contributed by atoms with E-state index in [1.807, 2.05) is 12.1 Å². The number of fused-ring (bicyclic) bond motifs is 2. The van der Waals surface area contributed by atoms with Gasteiger partial charge in [0.2, 0.25) is 0 Å². The summed E-state index contributed by atoms with van der Waals surface area (Å²) in [4.78, 5) is 50.7. The van der Waals surface area contributed by atoms with Gasteiger partial charge < -0.3 is 59.8 Å². The third-order valence-corrected chi connectivity index (χ3v) is 13.5. The molecule has 1 saturated heterocycles. The van der Waals surface area contributed by atoms with E-state index in [0.717, 1.165) is 38.4 Å². The maximum absolute atomic E-state index is 14.5. The summed E-state index contributed by atoms with van der Waals surface area (Å²) >= 11 is 0. The van der Waals surface area contributed by atoms with Crippen molar-refractivity contribution in [3.63, 3.8) is 0 Å². The van der Waals surface area contributed by atoms with E-state index in [-0.39, 0.29) is 55.7 Å². The number of allylic oxidation sites excluding steroid dienone is 2. The van der Waals surface area contributed by atoms with Crippen LogP contribution in [0.1, 0.15) is 66.5 Å². The number of nitrogens with one attached hydrogen (secondary N) is 1. The normalized spacial score (nSPS) is 30.1. The number of phenols is 1. The first-order valence-corrected chi connectivity index (χ1v) is 23.0. The standard InChI is InChI=1S/C50H64N6O12/c1-24(2)23-55-17-19-56(20-18-55)31-14-15-32-34(22-31)67-47-39(52-32)35-36-42(59)28(6)46-37(35)48(54-63)50(9,68-46)65-21-16-33(64-10)27(5)45(66-30(8)57)29(7)43(60)38(51)41(58)25(3)12-11-13-26(4)49(62)53-40(47)44(36)61/h11-16,21-22,24-25,27,29,33,38,41,43,45,58,60-61,63H,17-20,23,51H2,1-10H3,(H,53,62)/b12-11+,21-16+,26-13-,54-48-/t25-,27+,29+,33-,38+,41-,43-,45+,50-/m0/s1. The number of piperazine rings is 1. The molecule has 3 aliphatic heterocycles. The monoisotopic (exact) mass is 940 g/mol. The molecule has 4 aromatic rings. The molecule has 0 radical (unpaired) electrons. The minimum absolute atomic E-state index is 0.00391. The number of nitrogens with zero attached hydrogens (tertiary/aromatic N) is 4. The molecule has 0 unspecified atom stereocenters. The molecule has 18 nitrogen and oxygen atoms in total. The molecule has 0 spiro atoms. The van der Waals surface area contributed by atoms with Crippen LogP contribution in [0.4, 0.5) is 11.4 Å². The molecule has 7 rings (SSSR count). The smallest absolute Gasteiger partial charge is 0.302 e. The number of carbonyl (C=O) groups excluding carboxylic acids is 2. The van der Waals surface area contributed by atoms with Crippen molar-refractivity contribution in [3.05, 3.63) is 75.7 Å². The fraction of sp³-hybridized carbons (Fsp3) is 0.500. The van der Waals surface area contributed by atoms with Crippen LogP contribution in [0.5, 0.6) is 11.5 Å². The Morgan fingerprint density at radius 1 is 1.06 bits per heavy atom. The van der Waals surface area contributed by atoms with E-state index in [2.05, 4.69) is 34.1 Å². The summed E-state index contributed by atoms with van der Waals surface area (Å²) in [6, 6.07) is 4.40. The number of phenolic OH excluding ortho intramolecular Hbond substituents is 1. The van der Waals surface area contributed by atoms with E-state index in [0.29, 0.717) is 17.0 Å². The van der Waals surface area contributed by atoms with E-state index in [4.69, 9.17) is 34.1 Å². The van der Waals surface area contributed by atoms with Crippen molar-refractivity contribution in [1.29, 1.82) is 0 Å². The van der Waals surface area contributed by atoms with Gasteiger partial charge in [-0.2, -0.15) is 0 Å². The molecular formula is C50H64N6O12. The molecular weight excluding hydrogens is 877 g/mol. The highest BCUT2D eigenvalue weighted by Gasteiger charge is 2.48. The Hall–Kier alpha value is -6.05. The SMILES string of the molecule is CO[C@H]1/C=C/O[C@@]2(C)Oc3c(C)c(=O)c4c(O)c(c5oc6cc(N7CCN(CC(C)C)CC7)ccc6nc5c4c3/C2=N/O)NC(=O)/C(C)=C\C=C\[C@H](C)[C@H](O)[C@@H](N)[C@@H](O)[C@@H](C)[C@H](OC(C)=O)[C@@H]1C. The van der Waals surface area contributed by atoms with Crippen molar-refractivity contribution in [3.8, 4) is 11.5 Å². The van der Waals surface area contributed by atoms with Crippen LogP contribution in [0.3, 0.4) is 0 Å². The van der Waals surface area contributed by atoms with Gasteiger partial charge in [-0.15, -0.1) is 0 Å². The highest BCUT2D eigenvalue weighted by Crippen LogP contribution is 2.49.